The first kappa shape index (κ1) is 10.5. The van der Waals surface area contributed by atoms with Crippen LogP contribution in [0.5, 0.6) is 0 Å². The Kier molecular flexibility index (Phi) is 4.78. The molecule has 13 heavy (non-hydrogen) atoms. The van der Waals surface area contributed by atoms with E-state index in [9.17, 15) is 4.79 Å². The van der Waals surface area contributed by atoms with Crippen molar-refractivity contribution < 1.29 is 4.79 Å². The van der Waals surface area contributed by atoms with Gasteiger partial charge in [0.15, 0.2) is 0 Å². The Labute approximate surface area is 79.5 Å². The first-order chi connectivity index (χ1) is 6.34. The highest BCUT2D eigenvalue weighted by Gasteiger charge is 2.15. The predicted octanol–water partition coefficient (Wildman–Crippen LogP) is -0.453. The van der Waals surface area contributed by atoms with Crippen LogP contribution in [0.1, 0.15) is 19.3 Å². The summed E-state index contributed by atoms with van der Waals surface area (Å²) in [6.45, 7) is 3.62. The van der Waals surface area contributed by atoms with E-state index < -0.39 is 0 Å². The molecule has 3 N–H and O–H groups in total. The van der Waals surface area contributed by atoms with Crippen LogP contribution in [0.15, 0.2) is 0 Å². The third-order valence-corrected chi connectivity index (χ3v) is 2.31. The molecule has 0 aliphatic carbocycles. The van der Waals surface area contributed by atoms with E-state index in [1.54, 1.807) is 0 Å². The van der Waals surface area contributed by atoms with Crippen molar-refractivity contribution in [1.29, 1.82) is 0 Å². The van der Waals surface area contributed by atoms with Gasteiger partial charge in [-0.1, -0.05) is 0 Å². The quantitative estimate of drug-likeness (QED) is 0.583. The molecule has 1 heterocycles. The number of likely N-dealkylation sites (tertiary alicyclic amines) is 1. The molecule has 0 saturated carbocycles. The van der Waals surface area contributed by atoms with E-state index in [-0.39, 0.29) is 5.91 Å². The van der Waals surface area contributed by atoms with E-state index in [4.69, 9.17) is 5.73 Å². The fraction of sp³-hybridized carbons (Fsp3) is 0.889. The van der Waals surface area contributed by atoms with Gasteiger partial charge in [0, 0.05) is 26.2 Å². The molecule has 0 spiro atoms. The average Bonchev–Trinajstić information content (AvgIpc) is 2.19. The van der Waals surface area contributed by atoms with Gasteiger partial charge in [-0.3, -0.25) is 4.79 Å². The minimum Gasteiger partial charge on any atom is -0.342 e. The van der Waals surface area contributed by atoms with Gasteiger partial charge in [0.25, 0.3) is 0 Å². The molecule has 0 aromatic rings. The van der Waals surface area contributed by atoms with Gasteiger partial charge in [-0.2, -0.15) is 0 Å². The molecule has 0 aromatic heterocycles. The molecule has 0 radical (unpaired) electrons. The summed E-state index contributed by atoms with van der Waals surface area (Å²) in [6.07, 6.45) is 3.57. The van der Waals surface area contributed by atoms with E-state index >= 15 is 0 Å². The minimum absolute atomic E-state index is 0.216. The third kappa shape index (κ3) is 3.74. The van der Waals surface area contributed by atoms with Crippen LogP contribution >= 0.6 is 0 Å². The summed E-state index contributed by atoms with van der Waals surface area (Å²) in [5, 5.41) is 3.02. The fourth-order valence-corrected chi connectivity index (χ4v) is 1.55. The van der Waals surface area contributed by atoms with Gasteiger partial charge in [-0.05, 0) is 19.3 Å². The first-order valence-corrected chi connectivity index (χ1v) is 5.03. The van der Waals surface area contributed by atoms with Crippen LogP contribution in [-0.2, 0) is 4.79 Å². The lowest BCUT2D eigenvalue weighted by Gasteiger charge is -2.26. The number of amides is 1. The van der Waals surface area contributed by atoms with Crippen LogP contribution in [-0.4, -0.2) is 43.5 Å². The normalized spacial score (nSPS) is 17.5. The average molecular weight is 185 g/mol. The lowest BCUT2D eigenvalue weighted by molar-refractivity contribution is -0.131. The highest BCUT2D eigenvalue weighted by atomic mass is 16.2. The fourth-order valence-electron chi connectivity index (χ4n) is 1.55. The molecular weight excluding hydrogens is 166 g/mol. The van der Waals surface area contributed by atoms with Crippen LogP contribution in [0.25, 0.3) is 0 Å². The van der Waals surface area contributed by atoms with Gasteiger partial charge in [0.1, 0.15) is 0 Å². The number of nitrogens with two attached hydrogens (primary N) is 1. The molecule has 1 aliphatic heterocycles. The van der Waals surface area contributed by atoms with Gasteiger partial charge in [-0.15, -0.1) is 0 Å². The maximum atomic E-state index is 11.5. The van der Waals surface area contributed by atoms with E-state index in [0.29, 0.717) is 13.1 Å². The maximum absolute atomic E-state index is 11.5. The number of nitrogens with one attached hydrogen (secondary N) is 1. The first-order valence-electron chi connectivity index (χ1n) is 5.03. The van der Waals surface area contributed by atoms with Gasteiger partial charge in [-0.25, -0.2) is 0 Å². The number of hydrogen-bond donors (Lipinski definition) is 2. The molecule has 4 heteroatoms. The lowest BCUT2D eigenvalue weighted by atomic mass is 10.1. The number of piperidine rings is 1. The zero-order chi connectivity index (χ0) is 9.52. The molecule has 76 valence electrons. The number of rotatable bonds is 4. The van der Waals surface area contributed by atoms with Gasteiger partial charge >= 0.3 is 0 Å². The molecule has 1 amide bonds. The van der Waals surface area contributed by atoms with Gasteiger partial charge in [0.05, 0.1) is 6.54 Å². The SMILES string of the molecule is NCCNCC(=O)N1CCCCC1. The van der Waals surface area contributed by atoms with Crippen molar-refractivity contribution in [2.45, 2.75) is 19.3 Å². The van der Waals surface area contributed by atoms with Crippen molar-refractivity contribution in [1.82, 2.24) is 10.2 Å². The number of nitrogens with zero attached hydrogens (tertiary/aromatic N) is 1. The van der Waals surface area contributed by atoms with Crippen molar-refractivity contribution in [3.8, 4) is 0 Å². The highest BCUT2D eigenvalue weighted by Crippen LogP contribution is 2.07. The molecule has 4 nitrogen and oxygen atoms in total. The molecule has 1 rings (SSSR count). The summed E-state index contributed by atoms with van der Waals surface area (Å²) in [5.74, 6) is 0.216. The van der Waals surface area contributed by atoms with Crippen LogP contribution in [0.4, 0.5) is 0 Å². The monoisotopic (exact) mass is 185 g/mol. The van der Waals surface area contributed by atoms with Crippen molar-refractivity contribution in [3.05, 3.63) is 0 Å². The molecule has 0 unspecified atom stereocenters. The molecule has 0 atom stereocenters. The second-order valence-corrected chi connectivity index (χ2v) is 3.41. The topological polar surface area (TPSA) is 58.4 Å². The van der Waals surface area contributed by atoms with Crippen LogP contribution < -0.4 is 11.1 Å². The van der Waals surface area contributed by atoms with E-state index in [0.717, 1.165) is 32.5 Å². The van der Waals surface area contributed by atoms with Crippen molar-refractivity contribution >= 4 is 5.91 Å². The lowest BCUT2D eigenvalue weighted by Crippen LogP contribution is -2.42. The molecule has 1 saturated heterocycles. The van der Waals surface area contributed by atoms with E-state index in [1.165, 1.54) is 6.42 Å². The van der Waals surface area contributed by atoms with Crippen molar-refractivity contribution in [2.24, 2.45) is 5.73 Å². The summed E-state index contributed by atoms with van der Waals surface area (Å²) < 4.78 is 0. The Morgan fingerprint density at radius 3 is 2.62 bits per heavy atom. The second kappa shape index (κ2) is 5.94. The Morgan fingerprint density at radius 2 is 2.00 bits per heavy atom. The molecular formula is C9H19N3O. The molecule has 0 aromatic carbocycles. The molecule has 0 bridgehead atoms. The molecule has 1 aliphatic rings. The Morgan fingerprint density at radius 1 is 1.31 bits per heavy atom. The van der Waals surface area contributed by atoms with E-state index in [1.807, 2.05) is 4.90 Å². The highest BCUT2D eigenvalue weighted by molar-refractivity contribution is 5.78. The number of hydrogen-bond acceptors (Lipinski definition) is 3. The van der Waals surface area contributed by atoms with Crippen LogP contribution in [0, 0.1) is 0 Å². The summed E-state index contributed by atoms with van der Waals surface area (Å²) in [5.41, 5.74) is 5.31. The smallest absolute Gasteiger partial charge is 0.236 e. The number of carbonyl (C=O) groups is 1. The minimum atomic E-state index is 0.216. The van der Waals surface area contributed by atoms with Crippen LogP contribution in [0.3, 0.4) is 0 Å². The summed E-state index contributed by atoms with van der Waals surface area (Å²) in [7, 11) is 0. The predicted molar refractivity (Wildman–Crippen MR) is 52.4 cm³/mol. The summed E-state index contributed by atoms with van der Waals surface area (Å²) in [4.78, 5) is 13.4. The Balaban J connectivity index is 2.13. The van der Waals surface area contributed by atoms with Crippen LogP contribution in [0.2, 0.25) is 0 Å². The van der Waals surface area contributed by atoms with Gasteiger partial charge in [0.2, 0.25) is 5.91 Å². The largest absolute Gasteiger partial charge is 0.342 e. The Hall–Kier alpha value is -0.610. The van der Waals surface area contributed by atoms with E-state index in [2.05, 4.69) is 5.32 Å². The summed E-state index contributed by atoms with van der Waals surface area (Å²) >= 11 is 0. The zero-order valence-corrected chi connectivity index (χ0v) is 8.09. The summed E-state index contributed by atoms with van der Waals surface area (Å²) in [6, 6.07) is 0. The zero-order valence-electron chi connectivity index (χ0n) is 8.09. The standard InChI is InChI=1S/C9H19N3O/c10-4-5-11-8-9(13)12-6-2-1-3-7-12/h11H,1-8,10H2. The van der Waals surface area contributed by atoms with Crippen molar-refractivity contribution in [3.63, 3.8) is 0 Å². The van der Waals surface area contributed by atoms with Crippen molar-refractivity contribution in [2.75, 3.05) is 32.7 Å². The number of carbonyl (C=O) groups excluding carboxylic acids is 1. The maximum Gasteiger partial charge on any atom is 0.236 e. The molecule has 1 fully saturated rings. The van der Waals surface area contributed by atoms with Gasteiger partial charge < -0.3 is 16.0 Å². The third-order valence-electron chi connectivity index (χ3n) is 2.31. The Bertz CT molecular complexity index is 155. The second-order valence-electron chi connectivity index (χ2n) is 3.41.